The molecule has 2 unspecified atom stereocenters. The first-order valence-electron chi connectivity index (χ1n) is 10.6. The van der Waals surface area contributed by atoms with Crippen molar-refractivity contribution >= 4 is 0 Å². The minimum atomic E-state index is 0. The zero-order valence-electron chi connectivity index (χ0n) is 17.2. The second-order valence-electron chi connectivity index (χ2n) is 7.88. The zero-order valence-corrected chi connectivity index (χ0v) is 18.8. The van der Waals surface area contributed by atoms with Crippen molar-refractivity contribution in [1.29, 1.82) is 0 Å². The van der Waals surface area contributed by atoms with Crippen molar-refractivity contribution in [2.24, 2.45) is 11.8 Å². The Morgan fingerprint density at radius 2 is 1.48 bits per heavy atom. The molecular formula is C24H37BrN2. The topological polar surface area (TPSA) is 16.8 Å². The van der Waals surface area contributed by atoms with Gasteiger partial charge in [-0.1, -0.05) is 64.5 Å². The third-order valence-electron chi connectivity index (χ3n) is 5.69. The van der Waals surface area contributed by atoms with E-state index >= 15 is 0 Å². The normalized spacial score (nSPS) is 13.0. The van der Waals surface area contributed by atoms with E-state index in [0.717, 1.165) is 18.4 Å². The lowest BCUT2D eigenvalue weighted by atomic mass is 9.88. The molecule has 2 atom stereocenters. The van der Waals surface area contributed by atoms with Crippen LogP contribution < -0.4 is 21.5 Å². The second-order valence-corrected chi connectivity index (χ2v) is 7.88. The number of halogens is 1. The Kier molecular flexibility index (Phi) is 13.0. The Morgan fingerprint density at radius 3 is 2.19 bits per heavy atom. The van der Waals surface area contributed by atoms with E-state index in [0.29, 0.717) is 0 Å². The average molecular weight is 433 g/mol. The van der Waals surface area contributed by atoms with E-state index in [9.17, 15) is 0 Å². The van der Waals surface area contributed by atoms with Gasteiger partial charge < -0.3 is 17.0 Å². The molecule has 2 rings (SSSR count). The fourth-order valence-corrected chi connectivity index (χ4v) is 3.55. The quantitative estimate of drug-likeness (QED) is 0.351. The Morgan fingerprint density at radius 1 is 0.815 bits per heavy atom. The average Bonchev–Trinajstić information content (AvgIpc) is 2.69. The van der Waals surface area contributed by atoms with Gasteiger partial charge in [0, 0.05) is 30.9 Å². The van der Waals surface area contributed by atoms with E-state index in [1.807, 2.05) is 18.5 Å². The van der Waals surface area contributed by atoms with Crippen LogP contribution in [0.5, 0.6) is 0 Å². The van der Waals surface area contributed by atoms with Gasteiger partial charge in [-0.2, -0.15) is 0 Å². The minimum absolute atomic E-state index is 0. The summed E-state index contributed by atoms with van der Waals surface area (Å²) in [6.07, 6.45) is 20.3. The number of rotatable bonds is 13. The Balaban J connectivity index is 0.00000364. The van der Waals surface area contributed by atoms with Gasteiger partial charge in [-0.15, -0.1) is 0 Å². The molecule has 0 bridgehead atoms. The second kappa shape index (κ2) is 14.8. The summed E-state index contributed by atoms with van der Waals surface area (Å²) in [5.74, 6) is 1.65. The van der Waals surface area contributed by atoms with Gasteiger partial charge in [-0.05, 0) is 36.3 Å². The van der Waals surface area contributed by atoms with Crippen LogP contribution in [0.1, 0.15) is 70.8 Å². The van der Waals surface area contributed by atoms with Gasteiger partial charge in [-0.25, -0.2) is 4.57 Å². The van der Waals surface area contributed by atoms with Gasteiger partial charge in [0.1, 0.15) is 6.54 Å². The molecule has 2 heterocycles. The number of hydrogen-bond donors (Lipinski definition) is 0. The lowest BCUT2D eigenvalue weighted by molar-refractivity contribution is -0.698. The Labute approximate surface area is 177 Å². The van der Waals surface area contributed by atoms with Gasteiger partial charge >= 0.3 is 0 Å². The lowest BCUT2D eigenvalue weighted by Crippen LogP contribution is -3.00. The zero-order chi connectivity index (χ0) is 18.5. The minimum Gasteiger partial charge on any atom is -1.00 e. The highest BCUT2D eigenvalue weighted by Gasteiger charge is 2.13. The molecule has 0 saturated heterocycles. The van der Waals surface area contributed by atoms with E-state index in [4.69, 9.17) is 0 Å². The number of unbranched alkanes of at least 4 members (excludes halogenated alkanes) is 5. The van der Waals surface area contributed by atoms with Crippen molar-refractivity contribution in [3.63, 3.8) is 0 Å². The van der Waals surface area contributed by atoms with Crippen LogP contribution in [0.2, 0.25) is 0 Å². The van der Waals surface area contributed by atoms with Gasteiger partial charge in [0.05, 0.1) is 0 Å². The maximum atomic E-state index is 4.18. The van der Waals surface area contributed by atoms with E-state index in [1.54, 1.807) is 0 Å². The van der Waals surface area contributed by atoms with Gasteiger partial charge in [0.15, 0.2) is 12.4 Å². The molecule has 0 radical (unpaired) electrons. The molecule has 27 heavy (non-hydrogen) atoms. The van der Waals surface area contributed by atoms with Crippen LogP contribution in [0.15, 0.2) is 55.1 Å². The number of nitrogens with zero attached hydrogens (tertiary/aromatic N) is 2. The summed E-state index contributed by atoms with van der Waals surface area (Å²) < 4.78 is 2.30. The van der Waals surface area contributed by atoms with Crippen molar-refractivity contribution in [3.05, 3.63) is 60.7 Å². The summed E-state index contributed by atoms with van der Waals surface area (Å²) >= 11 is 0. The summed E-state index contributed by atoms with van der Waals surface area (Å²) in [5.41, 5.74) is 1.38. The molecule has 0 fully saturated rings. The molecule has 2 nitrogen and oxygen atoms in total. The van der Waals surface area contributed by atoms with Crippen LogP contribution >= 0.6 is 0 Å². The summed E-state index contributed by atoms with van der Waals surface area (Å²) in [4.78, 5) is 4.18. The molecule has 0 N–H and O–H groups in total. The molecule has 2 aromatic heterocycles. The standard InChI is InChI=1S/C24H37N2.BrH/c1-22(23(2)16-20-26-18-10-7-11-19-26)13-8-5-3-4-6-9-14-24-15-12-17-25-21-24;/h7,10-12,15,17-19,21-23H,3-6,8-9,13-14,16,20H2,1-2H3;1H/q+1;/p-1. The number of hydrogen-bond acceptors (Lipinski definition) is 1. The van der Waals surface area contributed by atoms with Crippen LogP contribution in [0.3, 0.4) is 0 Å². The monoisotopic (exact) mass is 432 g/mol. The van der Waals surface area contributed by atoms with Gasteiger partial charge in [0.25, 0.3) is 0 Å². The molecule has 150 valence electrons. The van der Waals surface area contributed by atoms with E-state index < -0.39 is 0 Å². The van der Waals surface area contributed by atoms with Crippen LogP contribution in [-0.4, -0.2) is 4.98 Å². The van der Waals surface area contributed by atoms with Crippen LogP contribution in [0.25, 0.3) is 0 Å². The highest BCUT2D eigenvalue weighted by Crippen LogP contribution is 2.22. The number of aromatic nitrogens is 2. The van der Waals surface area contributed by atoms with Crippen LogP contribution in [0.4, 0.5) is 0 Å². The highest BCUT2D eigenvalue weighted by molar-refractivity contribution is 5.08. The fraction of sp³-hybridized carbons (Fsp3) is 0.583. The first-order chi connectivity index (χ1) is 12.8. The van der Waals surface area contributed by atoms with Crippen LogP contribution in [0, 0.1) is 11.8 Å². The van der Waals surface area contributed by atoms with Crippen molar-refractivity contribution in [2.75, 3.05) is 0 Å². The Hall–Kier alpha value is -1.22. The molecule has 3 heteroatoms. The summed E-state index contributed by atoms with van der Waals surface area (Å²) in [6, 6.07) is 10.5. The summed E-state index contributed by atoms with van der Waals surface area (Å²) in [5, 5.41) is 0. The number of aryl methyl sites for hydroxylation is 2. The van der Waals surface area contributed by atoms with Crippen molar-refractivity contribution in [2.45, 2.75) is 78.2 Å². The molecule has 0 aliphatic carbocycles. The number of pyridine rings is 2. The van der Waals surface area contributed by atoms with E-state index in [-0.39, 0.29) is 17.0 Å². The molecule has 0 spiro atoms. The molecule has 0 saturated carbocycles. The van der Waals surface area contributed by atoms with Gasteiger partial charge in [-0.3, -0.25) is 4.98 Å². The lowest BCUT2D eigenvalue weighted by Gasteiger charge is -2.18. The molecular weight excluding hydrogens is 396 g/mol. The van der Waals surface area contributed by atoms with Crippen LogP contribution in [-0.2, 0) is 13.0 Å². The molecule has 0 aliphatic heterocycles. The summed E-state index contributed by atoms with van der Waals surface area (Å²) in [6.45, 7) is 6.00. The van der Waals surface area contributed by atoms with Crippen molar-refractivity contribution < 1.29 is 21.5 Å². The molecule has 0 amide bonds. The maximum Gasteiger partial charge on any atom is 0.168 e. The third kappa shape index (κ3) is 10.6. The van der Waals surface area contributed by atoms with Crippen molar-refractivity contribution in [1.82, 2.24) is 4.98 Å². The largest absolute Gasteiger partial charge is 1.00 e. The highest BCUT2D eigenvalue weighted by atomic mass is 79.9. The predicted octanol–water partition coefficient (Wildman–Crippen LogP) is 3.01. The van der Waals surface area contributed by atoms with Crippen molar-refractivity contribution in [3.8, 4) is 0 Å². The smallest absolute Gasteiger partial charge is 0.168 e. The third-order valence-corrected chi connectivity index (χ3v) is 5.69. The fourth-order valence-electron chi connectivity index (χ4n) is 3.55. The first kappa shape index (κ1) is 23.8. The molecule has 2 aromatic rings. The maximum absolute atomic E-state index is 4.18. The Bertz CT molecular complexity index is 573. The van der Waals surface area contributed by atoms with E-state index in [2.05, 4.69) is 60.1 Å². The van der Waals surface area contributed by atoms with Gasteiger partial charge in [0.2, 0.25) is 0 Å². The predicted molar refractivity (Wildman–Crippen MR) is 110 cm³/mol. The summed E-state index contributed by atoms with van der Waals surface area (Å²) in [7, 11) is 0. The molecule has 0 aliphatic rings. The SMILES string of the molecule is CC(CCCCCCCCc1cccnc1)C(C)CC[n+]1ccccc1.[Br-]. The molecule has 0 aromatic carbocycles. The first-order valence-corrected chi connectivity index (χ1v) is 10.6. The van der Waals surface area contributed by atoms with E-state index in [1.165, 1.54) is 63.4 Å².